The van der Waals surface area contributed by atoms with Crippen LogP contribution in [0.4, 0.5) is 0 Å². The van der Waals surface area contributed by atoms with Crippen LogP contribution in [0.5, 0.6) is 5.75 Å². The normalized spacial score (nSPS) is 22.8. The molecule has 2 saturated heterocycles. The lowest BCUT2D eigenvalue weighted by atomic mass is 10.1. The Kier molecular flexibility index (Phi) is 4.95. The predicted molar refractivity (Wildman–Crippen MR) is 86.3 cm³/mol. The van der Waals surface area contributed by atoms with Gasteiger partial charge in [-0.1, -0.05) is 0 Å². The minimum atomic E-state index is 0.129. The molecule has 1 aromatic rings. The molecule has 2 aliphatic heterocycles. The molecule has 0 saturated carbocycles. The lowest BCUT2D eigenvalue weighted by Crippen LogP contribution is -2.49. The summed E-state index contributed by atoms with van der Waals surface area (Å²) in [5.41, 5.74) is 0.745. The van der Waals surface area contributed by atoms with Gasteiger partial charge in [0.2, 0.25) is 0 Å². The SMILES string of the molecule is COc1ccc(C(=O)N2CCN(C[C@@H]3CCNC3)CC2)cc1. The van der Waals surface area contributed by atoms with E-state index >= 15 is 0 Å². The Hall–Kier alpha value is -1.59. The number of piperazine rings is 1. The zero-order chi connectivity index (χ0) is 15.4. The molecule has 22 heavy (non-hydrogen) atoms. The van der Waals surface area contributed by atoms with E-state index in [1.807, 2.05) is 29.2 Å². The van der Waals surface area contributed by atoms with Gasteiger partial charge in [-0.25, -0.2) is 0 Å². The average Bonchev–Trinajstić information content (AvgIpc) is 3.08. The summed E-state index contributed by atoms with van der Waals surface area (Å²) in [6.07, 6.45) is 1.28. The summed E-state index contributed by atoms with van der Waals surface area (Å²) in [7, 11) is 1.63. The molecule has 2 aliphatic rings. The zero-order valence-corrected chi connectivity index (χ0v) is 13.3. The van der Waals surface area contributed by atoms with Gasteiger partial charge in [-0.05, 0) is 49.7 Å². The minimum Gasteiger partial charge on any atom is -0.497 e. The Balaban J connectivity index is 1.50. The van der Waals surface area contributed by atoms with Gasteiger partial charge in [-0.15, -0.1) is 0 Å². The molecule has 0 bridgehead atoms. The van der Waals surface area contributed by atoms with Gasteiger partial charge in [0.1, 0.15) is 5.75 Å². The van der Waals surface area contributed by atoms with E-state index in [1.54, 1.807) is 7.11 Å². The molecule has 0 aliphatic carbocycles. The number of carbonyl (C=O) groups excluding carboxylic acids is 1. The van der Waals surface area contributed by atoms with Gasteiger partial charge < -0.3 is 15.0 Å². The summed E-state index contributed by atoms with van der Waals surface area (Å²) in [5, 5.41) is 3.42. The Labute approximate surface area is 132 Å². The van der Waals surface area contributed by atoms with E-state index < -0.39 is 0 Å². The number of methoxy groups -OCH3 is 1. The van der Waals surface area contributed by atoms with Gasteiger partial charge in [0.15, 0.2) is 0 Å². The van der Waals surface area contributed by atoms with Crippen LogP contribution in [-0.2, 0) is 0 Å². The fourth-order valence-electron chi connectivity index (χ4n) is 3.29. The van der Waals surface area contributed by atoms with Crippen LogP contribution >= 0.6 is 0 Å². The molecule has 1 N–H and O–H groups in total. The molecule has 0 radical (unpaired) electrons. The van der Waals surface area contributed by atoms with Gasteiger partial charge in [0.05, 0.1) is 7.11 Å². The summed E-state index contributed by atoms with van der Waals surface area (Å²) in [6.45, 7) is 7.08. The van der Waals surface area contributed by atoms with Crippen molar-refractivity contribution in [3.63, 3.8) is 0 Å². The largest absolute Gasteiger partial charge is 0.497 e. The summed E-state index contributed by atoms with van der Waals surface area (Å²) < 4.78 is 5.14. The van der Waals surface area contributed by atoms with Crippen molar-refractivity contribution in [2.24, 2.45) is 5.92 Å². The van der Waals surface area contributed by atoms with E-state index in [0.29, 0.717) is 0 Å². The topological polar surface area (TPSA) is 44.8 Å². The van der Waals surface area contributed by atoms with Gasteiger partial charge in [0, 0.05) is 38.3 Å². The predicted octanol–water partition coefficient (Wildman–Crippen LogP) is 1.06. The lowest BCUT2D eigenvalue weighted by Gasteiger charge is -2.35. The number of nitrogens with one attached hydrogen (secondary N) is 1. The highest BCUT2D eigenvalue weighted by molar-refractivity contribution is 5.94. The second-order valence-corrected chi connectivity index (χ2v) is 6.18. The maximum Gasteiger partial charge on any atom is 0.253 e. The molecule has 1 atom stereocenters. The van der Waals surface area contributed by atoms with Crippen LogP contribution in [0, 0.1) is 5.92 Å². The third-order valence-electron chi connectivity index (χ3n) is 4.68. The Morgan fingerprint density at radius 2 is 1.95 bits per heavy atom. The van der Waals surface area contributed by atoms with Crippen molar-refractivity contribution in [3.8, 4) is 5.75 Å². The lowest BCUT2D eigenvalue weighted by molar-refractivity contribution is 0.0620. The van der Waals surface area contributed by atoms with Gasteiger partial charge in [0.25, 0.3) is 5.91 Å². The van der Waals surface area contributed by atoms with Crippen molar-refractivity contribution in [1.29, 1.82) is 0 Å². The maximum atomic E-state index is 12.5. The van der Waals surface area contributed by atoms with Crippen LogP contribution in [-0.4, -0.2) is 68.6 Å². The Morgan fingerprint density at radius 3 is 2.55 bits per heavy atom. The molecule has 3 rings (SSSR count). The number of ether oxygens (including phenoxy) is 1. The number of carbonyl (C=O) groups is 1. The molecular weight excluding hydrogens is 278 g/mol. The van der Waals surface area contributed by atoms with Crippen LogP contribution < -0.4 is 10.1 Å². The highest BCUT2D eigenvalue weighted by Crippen LogP contribution is 2.16. The zero-order valence-electron chi connectivity index (χ0n) is 13.3. The van der Waals surface area contributed by atoms with E-state index in [9.17, 15) is 4.79 Å². The fraction of sp³-hybridized carbons (Fsp3) is 0.588. The molecular formula is C17H25N3O2. The van der Waals surface area contributed by atoms with E-state index in [1.165, 1.54) is 6.42 Å². The number of hydrogen-bond donors (Lipinski definition) is 1. The fourth-order valence-corrected chi connectivity index (χ4v) is 3.29. The first-order valence-corrected chi connectivity index (χ1v) is 8.12. The van der Waals surface area contributed by atoms with E-state index in [4.69, 9.17) is 4.74 Å². The summed E-state index contributed by atoms with van der Waals surface area (Å²) in [6, 6.07) is 7.38. The Morgan fingerprint density at radius 1 is 1.23 bits per heavy atom. The molecule has 2 heterocycles. The van der Waals surface area contributed by atoms with Gasteiger partial charge in [-0.2, -0.15) is 0 Å². The highest BCUT2D eigenvalue weighted by atomic mass is 16.5. The van der Waals surface area contributed by atoms with Crippen molar-refractivity contribution < 1.29 is 9.53 Å². The van der Waals surface area contributed by atoms with Gasteiger partial charge in [-0.3, -0.25) is 9.69 Å². The summed E-state index contributed by atoms with van der Waals surface area (Å²) in [4.78, 5) is 17.0. The number of hydrogen-bond acceptors (Lipinski definition) is 4. The van der Waals surface area contributed by atoms with Crippen LogP contribution in [0.1, 0.15) is 16.8 Å². The average molecular weight is 303 g/mol. The molecule has 0 aromatic heterocycles. The van der Waals surface area contributed by atoms with E-state index in [-0.39, 0.29) is 5.91 Å². The van der Waals surface area contributed by atoms with Crippen molar-refractivity contribution in [2.45, 2.75) is 6.42 Å². The summed E-state index contributed by atoms with van der Waals surface area (Å²) >= 11 is 0. The molecule has 0 unspecified atom stereocenters. The third kappa shape index (κ3) is 3.59. The van der Waals surface area contributed by atoms with Crippen LogP contribution in [0.2, 0.25) is 0 Å². The molecule has 1 aromatic carbocycles. The van der Waals surface area contributed by atoms with Crippen molar-refractivity contribution in [3.05, 3.63) is 29.8 Å². The number of nitrogens with zero attached hydrogens (tertiary/aromatic N) is 2. The third-order valence-corrected chi connectivity index (χ3v) is 4.68. The second kappa shape index (κ2) is 7.11. The molecule has 0 spiro atoms. The molecule has 1 amide bonds. The molecule has 5 nitrogen and oxygen atoms in total. The van der Waals surface area contributed by atoms with E-state index in [2.05, 4.69) is 10.2 Å². The van der Waals surface area contributed by atoms with Crippen molar-refractivity contribution in [2.75, 3.05) is 52.9 Å². The first-order chi connectivity index (χ1) is 10.8. The summed E-state index contributed by atoms with van der Waals surface area (Å²) in [5.74, 6) is 1.69. The number of benzene rings is 1. The smallest absolute Gasteiger partial charge is 0.253 e. The second-order valence-electron chi connectivity index (χ2n) is 6.18. The molecule has 5 heteroatoms. The molecule has 2 fully saturated rings. The van der Waals surface area contributed by atoms with E-state index in [0.717, 1.165) is 63.0 Å². The number of rotatable bonds is 4. The quantitative estimate of drug-likeness (QED) is 0.903. The Bertz CT molecular complexity index is 489. The van der Waals surface area contributed by atoms with Crippen LogP contribution in [0.25, 0.3) is 0 Å². The highest BCUT2D eigenvalue weighted by Gasteiger charge is 2.24. The first kappa shape index (κ1) is 15.3. The van der Waals surface area contributed by atoms with Crippen LogP contribution in [0.15, 0.2) is 24.3 Å². The maximum absolute atomic E-state index is 12.5. The molecule has 120 valence electrons. The standard InChI is InChI=1S/C17H25N3O2/c1-22-16-4-2-15(3-5-16)17(21)20-10-8-19(9-11-20)13-14-6-7-18-12-14/h2-5,14,18H,6-13H2,1H3/t14-/m1/s1. The minimum absolute atomic E-state index is 0.129. The monoisotopic (exact) mass is 303 g/mol. The van der Waals surface area contributed by atoms with Crippen LogP contribution in [0.3, 0.4) is 0 Å². The number of amides is 1. The first-order valence-electron chi connectivity index (χ1n) is 8.12. The van der Waals surface area contributed by atoms with Crippen molar-refractivity contribution >= 4 is 5.91 Å². The van der Waals surface area contributed by atoms with Gasteiger partial charge >= 0.3 is 0 Å². The van der Waals surface area contributed by atoms with Crippen molar-refractivity contribution in [1.82, 2.24) is 15.1 Å².